The van der Waals surface area contributed by atoms with Crippen LogP contribution in [-0.4, -0.2) is 30.4 Å². The van der Waals surface area contributed by atoms with E-state index >= 15 is 0 Å². The van der Waals surface area contributed by atoms with Crippen LogP contribution in [0.25, 0.3) is 0 Å². The van der Waals surface area contributed by atoms with Crippen molar-refractivity contribution in [1.82, 2.24) is 5.32 Å². The molecule has 1 amide bonds. The molecule has 1 aromatic carbocycles. The van der Waals surface area contributed by atoms with Gasteiger partial charge in [0.2, 0.25) is 0 Å². The first-order valence-corrected chi connectivity index (χ1v) is 6.69. The standard InChI is InChI=1S/C15H17NO3/c1-9(17)10-4-2-3-5-11(10)15(18)16-13-8-14-12(13)6-7-19-14/h2-5,12-14H,6-8H2,1H3,(H,16,18)/t12-,13+,14+/m1/s1. The number of benzene rings is 1. The Hall–Kier alpha value is -1.68. The number of hydrogen-bond acceptors (Lipinski definition) is 3. The van der Waals surface area contributed by atoms with E-state index in [1.165, 1.54) is 6.92 Å². The number of carbonyl (C=O) groups excluding carboxylic acids is 2. The molecule has 4 heteroatoms. The van der Waals surface area contributed by atoms with Crippen LogP contribution in [0.2, 0.25) is 0 Å². The summed E-state index contributed by atoms with van der Waals surface area (Å²) in [6, 6.07) is 7.15. The van der Waals surface area contributed by atoms with Gasteiger partial charge in [0, 0.05) is 24.1 Å². The predicted molar refractivity (Wildman–Crippen MR) is 70.2 cm³/mol. The molecular formula is C15H17NO3. The Morgan fingerprint density at radius 2 is 2.00 bits per heavy atom. The summed E-state index contributed by atoms with van der Waals surface area (Å²) < 4.78 is 5.53. The van der Waals surface area contributed by atoms with Crippen molar-refractivity contribution in [1.29, 1.82) is 0 Å². The Kier molecular flexibility index (Phi) is 3.11. The van der Waals surface area contributed by atoms with Crippen molar-refractivity contribution >= 4 is 11.7 Å². The Balaban J connectivity index is 1.72. The number of carbonyl (C=O) groups is 2. The molecule has 3 rings (SSSR count). The second-order valence-corrected chi connectivity index (χ2v) is 5.28. The molecule has 0 aromatic heterocycles. The fourth-order valence-corrected chi connectivity index (χ4v) is 3.00. The summed E-state index contributed by atoms with van der Waals surface area (Å²) in [5.41, 5.74) is 0.955. The zero-order valence-corrected chi connectivity index (χ0v) is 10.9. The number of fused-ring (bicyclic) bond motifs is 1. The molecule has 0 spiro atoms. The number of hydrogen-bond donors (Lipinski definition) is 1. The maximum Gasteiger partial charge on any atom is 0.252 e. The average molecular weight is 259 g/mol. The molecule has 1 saturated carbocycles. The van der Waals surface area contributed by atoms with Crippen LogP contribution in [0.5, 0.6) is 0 Å². The molecule has 2 fully saturated rings. The lowest BCUT2D eigenvalue weighted by Crippen LogP contribution is -2.53. The van der Waals surface area contributed by atoms with Gasteiger partial charge in [-0.2, -0.15) is 0 Å². The first-order valence-electron chi connectivity index (χ1n) is 6.69. The van der Waals surface area contributed by atoms with Gasteiger partial charge in [-0.3, -0.25) is 9.59 Å². The largest absolute Gasteiger partial charge is 0.378 e. The van der Waals surface area contributed by atoms with Crippen LogP contribution in [0.4, 0.5) is 0 Å². The highest BCUT2D eigenvalue weighted by Crippen LogP contribution is 2.38. The van der Waals surface area contributed by atoms with Crippen molar-refractivity contribution in [3.8, 4) is 0 Å². The minimum absolute atomic E-state index is 0.0820. The quantitative estimate of drug-likeness (QED) is 0.842. The highest BCUT2D eigenvalue weighted by molar-refractivity contribution is 6.07. The summed E-state index contributed by atoms with van der Waals surface area (Å²) in [7, 11) is 0. The number of ether oxygens (including phenoxy) is 1. The average Bonchev–Trinajstić information content (AvgIpc) is 2.77. The van der Waals surface area contributed by atoms with E-state index in [1.807, 2.05) is 0 Å². The van der Waals surface area contributed by atoms with E-state index in [2.05, 4.69) is 5.32 Å². The lowest BCUT2D eigenvalue weighted by Gasteiger charge is -2.39. The molecule has 2 aliphatic rings. The van der Waals surface area contributed by atoms with Gasteiger partial charge in [0.25, 0.3) is 5.91 Å². The molecule has 100 valence electrons. The summed E-state index contributed by atoms with van der Waals surface area (Å²) in [6.45, 7) is 2.28. The number of amides is 1. The summed E-state index contributed by atoms with van der Waals surface area (Å²) >= 11 is 0. The summed E-state index contributed by atoms with van der Waals surface area (Å²) in [6.07, 6.45) is 2.23. The fourth-order valence-electron chi connectivity index (χ4n) is 3.00. The molecule has 3 atom stereocenters. The van der Waals surface area contributed by atoms with Crippen LogP contribution in [0.15, 0.2) is 24.3 Å². The SMILES string of the molecule is CC(=O)c1ccccc1C(=O)N[C@H]1C[C@@H]2OCC[C@H]12. The molecule has 0 unspecified atom stereocenters. The second-order valence-electron chi connectivity index (χ2n) is 5.28. The highest BCUT2D eigenvalue weighted by Gasteiger charge is 2.45. The van der Waals surface area contributed by atoms with Crippen molar-refractivity contribution in [2.24, 2.45) is 5.92 Å². The van der Waals surface area contributed by atoms with Gasteiger partial charge < -0.3 is 10.1 Å². The number of ketones is 1. The molecule has 1 aromatic rings. The first kappa shape index (κ1) is 12.4. The van der Waals surface area contributed by atoms with E-state index in [-0.39, 0.29) is 17.7 Å². The third-order valence-corrected chi connectivity index (χ3v) is 4.13. The Bertz CT molecular complexity index is 526. The van der Waals surface area contributed by atoms with Crippen molar-refractivity contribution < 1.29 is 14.3 Å². The molecule has 0 bridgehead atoms. The summed E-state index contributed by atoms with van der Waals surface area (Å²) in [5, 5.41) is 3.03. The number of nitrogens with one attached hydrogen (secondary N) is 1. The van der Waals surface area contributed by atoms with E-state index in [9.17, 15) is 9.59 Å². The lowest BCUT2D eigenvalue weighted by atomic mass is 9.76. The zero-order valence-electron chi connectivity index (χ0n) is 10.9. The van der Waals surface area contributed by atoms with E-state index in [0.717, 1.165) is 19.4 Å². The van der Waals surface area contributed by atoms with Crippen molar-refractivity contribution in [3.63, 3.8) is 0 Å². The predicted octanol–water partition coefficient (Wildman–Crippen LogP) is 1.80. The van der Waals surface area contributed by atoms with E-state index < -0.39 is 0 Å². The highest BCUT2D eigenvalue weighted by atomic mass is 16.5. The Morgan fingerprint density at radius 1 is 1.26 bits per heavy atom. The van der Waals surface area contributed by atoms with E-state index in [1.54, 1.807) is 24.3 Å². The number of Topliss-reactive ketones (excluding diaryl/α,β-unsaturated/α-hetero) is 1. The molecule has 1 N–H and O–H groups in total. The molecule has 1 aliphatic carbocycles. The van der Waals surface area contributed by atoms with Crippen LogP contribution in [0.3, 0.4) is 0 Å². The normalized spacial score (nSPS) is 28.4. The van der Waals surface area contributed by atoms with E-state index in [4.69, 9.17) is 4.74 Å². The Morgan fingerprint density at radius 3 is 2.68 bits per heavy atom. The van der Waals surface area contributed by atoms with Gasteiger partial charge >= 0.3 is 0 Å². The van der Waals surface area contributed by atoms with Crippen molar-refractivity contribution in [2.45, 2.75) is 31.9 Å². The van der Waals surface area contributed by atoms with Gasteiger partial charge in [0.1, 0.15) is 0 Å². The van der Waals surface area contributed by atoms with Crippen LogP contribution in [-0.2, 0) is 4.74 Å². The van der Waals surface area contributed by atoms with Gasteiger partial charge in [-0.15, -0.1) is 0 Å². The third-order valence-electron chi connectivity index (χ3n) is 4.13. The maximum absolute atomic E-state index is 12.3. The number of rotatable bonds is 3. The van der Waals surface area contributed by atoms with Crippen LogP contribution in [0, 0.1) is 5.92 Å². The molecule has 0 radical (unpaired) electrons. The third kappa shape index (κ3) is 2.16. The van der Waals surface area contributed by atoms with Gasteiger partial charge in [0.15, 0.2) is 5.78 Å². The molecule has 1 saturated heterocycles. The van der Waals surface area contributed by atoms with Crippen LogP contribution >= 0.6 is 0 Å². The van der Waals surface area contributed by atoms with Crippen molar-refractivity contribution in [2.75, 3.05) is 6.61 Å². The van der Waals surface area contributed by atoms with Crippen molar-refractivity contribution in [3.05, 3.63) is 35.4 Å². The monoisotopic (exact) mass is 259 g/mol. The zero-order chi connectivity index (χ0) is 13.4. The molecular weight excluding hydrogens is 242 g/mol. The molecule has 4 nitrogen and oxygen atoms in total. The van der Waals surface area contributed by atoms with Gasteiger partial charge in [-0.1, -0.05) is 18.2 Å². The summed E-state index contributed by atoms with van der Waals surface area (Å²) in [5.74, 6) is 0.219. The van der Waals surface area contributed by atoms with Crippen LogP contribution < -0.4 is 5.32 Å². The topological polar surface area (TPSA) is 55.4 Å². The molecule has 1 heterocycles. The van der Waals surface area contributed by atoms with Crippen LogP contribution in [0.1, 0.15) is 40.5 Å². The first-order chi connectivity index (χ1) is 9.16. The minimum atomic E-state index is -0.152. The molecule has 1 aliphatic heterocycles. The maximum atomic E-state index is 12.3. The lowest BCUT2D eigenvalue weighted by molar-refractivity contribution is 0.00807. The van der Waals surface area contributed by atoms with Gasteiger partial charge in [0.05, 0.1) is 11.7 Å². The van der Waals surface area contributed by atoms with Gasteiger partial charge in [-0.25, -0.2) is 0 Å². The Labute approximate surface area is 112 Å². The van der Waals surface area contributed by atoms with Gasteiger partial charge in [-0.05, 0) is 25.8 Å². The fraction of sp³-hybridized carbons (Fsp3) is 0.467. The summed E-state index contributed by atoms with van der Waals surface area (Å²) in [4.78, 5) is 23.8. The second kappa shape index (κ2) is 4.78. The molecule has 19 heavy (non-hydrogen) atoms. The van der Waals surface area contributed by atoms with E-state index in [0.29, 0.717) is 23.1 Å². The smallest absolute Gasteiger partial charge is 0.252 e. The minimum Gasteiger partial charge on any atom is -0.378 e.